The molecule has 92 valence electrons. The third-order valence-electron chi connectivity index (χ3n) is 1.96. The summed E-state index contributed by atoms with van der Waals surface area (Å²) >= 11 is 0. The van der Waals surface area contributed by atoms with E-state index in [9.17, 15) is 9.59 Å². The molecule has 0 atom stereocenters. The third kappa shape index (κ3) is 5.40. The summed E-state index contributed by atoms with van der Waals surface area (Å²) in [6.07, 6.45) is 3.43. The minimum absolute atomic E-state index is 0.0781. The molecule has 0 aromatic carbocycles. The van der Waals surface area contributed by atoms with Crippen LogP contribution in [0.1, 0.15) is 23.2 Å². The molecule has 1 aromatic heterocycles. The molecule has 0 amide bonds. The molecule has 5 heteroatoms. The average molecular weight is 251 g/mol. The average Bonchev–Trinajstić information content (AvgIpc) is 2.25. The van der Waals surface area contributed by atoms with E-state index in [1.54, 1.807) is 18.3 Å². The predicted octanol–water partition coefficient (Wildman–Crippen LogP) is 2.42. The van der Waals surface area contributed by atoms with E-state index in [-0.39, 0.29) is 24.6 Å². The van der Waals surface area contributed by atoms with E-state index in [1.807, 2.05) is 19.6 Å². The van der Waals surface area contributed by atoms with Gasteiger partial charge in [0.15, 0.2) is 5.78 Å². The lowest BCUT2D eigenvalue weighted by Gasteiger charge is -2.16. The van der Waals surface area contributed by atoms with Gasteiger partial charge in [0, 0.05) is 24.4 Å². The maximum absolute atomic E-state index is 11.7. The van der Waals surface area contributed by atoms with Crippen LogP contribution in [0.15, 0.2) is 24.5 Å². The number of rotatable bonds is 5. The Hall–Kier alpha value is -1.49. The van der Waals surface area contributed by atoms with E-state index < -0.39 is 8.32 Å². The summed E-state index contributed by atoms with van der Waals surface area (Å²) in [7, 11) is -1.84. The lowest BCUT2D eigenvalue weighted by atomic mass is 10.1. The summed E-state index contributed by atoms with van der Waals surface area (Å²) in [5.74, 6) is -0.368. The molecule has 0 aliphatic heterocycles. The fourth-order valence-electron chi connectivity index (χ4n) is 1.28. The van der Waals surface area contributed by atoms with Gasteiger partial charge in [0.1, 0.15) is 0 Å². The van der Waals surface area contributed by atoms with Gasteiger partial charge < -0.3 is 4.43 Å². The van der Waals surface area contributed by atoms with Gasteiger partial charge in [-0.25, -0.2) is 0 Å². The molecule has 0 saturated heterocycles. The highest BCUT2D eigenvalue weighted by Gasteiger charge is 2.20. The van der Waals surface area contributed by atoms with E-state index in [1.165, 1.54) is 6.20 Å². The van der Waals surface area contributed by atoms with Gasteiger partial charge in [-0.1, -0.05) is 0 Å². The van der Waals surface area contributed by atoms with Crippen molar-refractivity contribution in [2.75, 3.05) is 0 Å². The molecule has 1 aromatic rings. The number of nitrogens with zero attached hydrogens (tertiary/aromatic N) is 1. The largest absolute Gasteiger partial charge is 0.520 e. The Labute approximate surface area is 102 Å². The third-order valence-corrected chi connectivity index (χ3v) is 2.80. The zero-order valence-corrected chi connectivity index (χ0v) is 11.4. The van der Waals surface area contributed by atoms with E-state index in [2.05, 4.69) is 4.98 Å². The Balaban J connectivity index is 2.42. The number of carbonyl (C=O) groups excluding carboxylic acids is 2. The molecule has 0 aliphatic carbocycles. The normalized spacial score (nSPS) is 11.0. The van der Waals surface area contributed by atoms with Gasteiger partial charge in [-0.15, -0.1) is 0 Å². The second kappa shape index (κ2) is 5.72. The molecule has 0 saturated carbocycles. The smallest absolute Gasteiger partial charge is 0.292 e. The van der Waals surface area contributed by atoms with Gasteiger partial charge >= 0.3 is 0 Å². The lowest BCUT2D eigenvalue weighted by molar-refractivity contribution is -0.135. The zero-order chi connectivity index (χ0) is 12.9. The molecular weight excluding hydrogens is 234 g/mol. The number of aromatic nitrogens is 1. The minimum Gasteiger partial charge on any atom is -0.520 e. The molecule has 1 heterocycles. The number of hydrogen-bond donors (Lipinski definition) is 0. The summed E-state index contributed by atoms with van der Waals surface area (Å²) in [4.78, 5) is 27.0. The summed E-state index contributed by atoms with van der Waals surface area (Å²) in [5, 5.41) is 0. The number of hydrogen-bond acceptors (Lipinski definition) is 4. The number of ketones is 1. The van der Waals surface area contributed by atoms with Crippen LogP contribution < -0.4 is 0 Å². The van der Waals surface area contributed by atoms with E-state index in [4.69, 9.17) is 4.43 Å². The van der Waals surface area contributed by atoms with Gasteiger partial charge in [-0.3, -0.25) is 14.6 Å². The molecule has 0 fully saturated rings. The topological polar surface area (TPSA) is 56.3 Å². The second-order valence-corrected chi connectivity index (χ2v) is 9.18. The van der Waals surface area contributed by atoms with Crippen LogP contribution >= 0.6 is 0 Å². The monoisotopic (exact) mass is 251 g/mol. The van der Waals surface area contributed by atoms with Crippen LogP contribution in [-0.4, -0.2) is 25.1 Å². The predicted molar refractivity (Wildman–Crippen MR) is 67.2 cm³/mol. The number of carbonyl (C=O) groups is 2. The number of Topliss-reactive ketones (excluding diaryl/α,β-unsaturated/α-hetero) is 1. The fraction of sp³-hybridized carbons (Fsp3) is 0.417. The molecule has 0 bridgehead atoms. The van der Waals surface area contributed by atoms with Gasteiger partial charge in [0.25, 0.3) is 5.97 Å². The Morgan fingerprint density at radius 3 is 2.53 bits per heavy atom. The Bertz CT molecular complexity index is 398. The molecule has 0 radical (unpaired) electrons. The van der Waals surface area contributed by atoms with Crippen LogP contribution in [0.3, 0.4) is 0 Å². The van der Waals surface area contributed by atoms with Crippen LogP contribution in [0.4, 0.5) is 0 Å². The van der Waals surface area contributed by atoms with Crippen molar-refractivity contribution in [2.24, 2.45) is 0 Å². The van der Waals surface area contributed by atoms with Crippen molar-refractivity contribution in [3.8, 4) is 0 Å². The molecule has 0 N–H and O–H groups in total. The molecule has 4 nitrogen and oxygen atoms in total. The summed E-state index contributed by atoms with van der Waals surface area (Å²) in [5.41, 5.74) is 0.535. The lowest BCUT2D eigenvalue weighted by Crippen LogP contribution is -2.29. The molecule has 0 spiro atoms. The molecule has 1 rings (SSSR count). The quantitative estimate of drug-likeness (QED) is 0.595. The first-order valence-electron chi connectivity index (χ1n) is 5.53. The first-order chi connectivity index (χ1) is 7.88. The van der Waals surface area contributed by atoms with Crippen molar-refractivity contribution < 1.29 is 14.0 Å². The first kappa shape index (κ1) is 13.6. The molecule has 0 aliphatic rings. The highest BCUT2D eigenvalue weighted by atomic mass is 28.4. The maximum Gasteiger partial charge on any atom is 0.292 e. The number of pyridine rings is 1. The van der Waals surface area contributed by atoms with Crippen molar-refractivity contribution >= 4 is 20.1 Å². The van der Waals surface area contributed by atoms with Crippen LogP contribution in [0.2, 0.25) is 19.6 Å². The Morgan fingerprint density at radius 2 is 2.00 bits per heavy atom. The van der Waals surface area contributed by atoms with Crippen molar-refractivity contribution in [3.63, 3.8) is 0 Å². The molecule has 0 unspecified atom stereocenters. The van der Waals surface area contributed by atoms with Crippen molar-refractivity contribution in [3.05, 3.63) is 30.1 Å². The fourth-order valence-corrected chi connectivity index (χ4v) is 2.07. The van der Waals surface area contributed by atoms with Gasteiger partial charge in [-0.2, -0.15) is 0 Å². The standard InChI is InChI=1S/C12H17NO3Si/c1-17(2,3)16-12(15)7-6-11(14)10-5-4-8-13-9-10/h4-5,8-9H,6-7H2,1-3H3. The second-order valence-electron chi connectivity index (χ2n) is 4.75. The molecule has 17 heavy (non-hydrogen) atoms. The Morgan fingerprint density at radius 1 is 1.29 bits per heavy atom. The highest BCUT2D eigenvalue weighted by molar-refractivity contribution is 6.71. The molecular formula is C12H17NO3Si. The van der Waals surface area contributed by atoms with Crippen LogP contribution in [0.25, 0.3) is 0 Å². The van der Waals surface area contributed by atoms with E-state index >= 15 is 0 Å². The zero-order valence-electron chi connectivity index (χ0n) is 10.4. The summed E-state index contributed by atoms with van der Waals surface area (Å²) in [6.45, 7) is 5.81. The van der Waals surface area contributed by atoms with Gasteiger partial charge in [-0.05, 0) is 31.8 Å². The maximum atomic E-state index is 11.7. The van der Waals surface area contributed by atoms with E-state index in [0.717, 1.165) is 0 Å². The van der Waals surface area contributed by atoms with Crippen LogP contribution in [0, 0.1) is 0 Å². The van der Waals surface area contributed by atoms with Crippen molar-refractivity contribution in [1.82, 2.24) is 4.98 Å². The van der Waals surface area contributed by atoms with E-state index in [0.29, 0.717) is 5.56 Å². The van der Waals surface area contributed by atoms with Crippen molar-refractivity contribution in [1.29, 1.82) is 0 Å². The van der Waals surface area contributed by atoms with Gasteiger partial charge in [0.05, 0.1) is 6.42 Å². The minimum atomic E-state index is -1.84. The summed E-state index contributed by atoms with van der Waals surface area (Å²) < 4.78 is 5.26. The highest BCUT2D eigenvalue weighted by Crippen LogP contribution is 2.08. The van der Waals surface area contributed by atoms with Crippen LogP contribution in [-0.2, 0) is 9.22 Å². The van der Waals surface area contributed by atoms with Gasteiger partial charge in [0.2, 0.25) is 8.32 Å². The summed E-state index contributed by atoms with van der Waals surface area (Å²) in [6, 6.07) is 3.40. The Kier molecular flexibility index (Phi) is 4.57. The SMILES string of the molecule is C[Si](C)(C)OC(=O)CCC(=O)c1cccnc1. The van der Waals surface area contributed by atoms with Crippen molar-refractivity contribution in [2.45, 2.75) is 32.5 Å². The van der Waals surface area contributed by atoms with Crippen LogP contribution in [0.5, 0.6) is 0 Å². The first-order valence-corrected chi connectivity index (χ1v) is 8.94.